The van der Waals surface area contributed by atoms with Crippen molar-refractivity contribution in [2.24, 2.45) is 0 Å². The van der Waals surface area contributed by atoms with Gasteiger partial charge in [-0.3, -0.25) is 4.79 Å². The lowest BCUT2D eigenvalue weighted by Crippen LogP contribution is -2.02. The van der Waals surface area contributed by atoms with E-state index in [4.69, 9.17) is 16.3 Å². The predicted molar refractivity (Wildman–Crippen MR) is 80.2 cm³/mol. The molecule has 98 valence electrons. The molecule has 0 spiro atoms. The Balaban J connectivity index is 2.34. The number of carbonyl (C=O) groups is 1. The van der Waals surface area contributed by atoms with E-state index in [0.717, 1.165) is 5.75 Å². The van der Waals surface area contributed by atoms with Crippen molar-refractivity contribution in [2.45, 2.75) is 6.92 Å². The molecule has 4 heteroatoms. The summed E-state index contributed by atoms with van der Waals surface area (Å²) in [4.78, 5) is 12.4. The SMILES string of the molecule is CCOc1ccc(C(=O)c2cccc(Cl)c2)c(Br)c1. The van der Waals surface area contributed by atoms with Gasteiger partial charge in [-0.15, -0.1) is 0 Å². The van der Waals surface area contributed by atoms with Crippen LogP contribution in [0.4, 0.5) is 0 Å². The zero-order chi connectivity index (χ0) is 13.8. The van der Waals surface area contributed by atoms with E-state index in [-0.39, 0.29) is 5.78 Å². The second-order valence-electron chi connectivity index (χ2n) is 3.91. The van der Waals surface area contributed by atoms with Crippen molar-refractivity contribution in [3.8, 4) is 5.75 Å². The van der Waals surface area contributed by atoms with Crippen LogP contribution in [0.15, 0.2) is 46.9 Å². The zero-order valence-electron chi connectivity index (χ0n) is 10.3. The summed E-state index contributed by atoms with van der Waals surface area (Å²) >= 11 is 9.30. The average molecular weight is 340 g/mol. The lowest BCUT2D eigenvalue weighted by atomic mass is 10.0. The summed E-state index contributed by atoms with van der Waals surface area (Å²) in [6.45, 7) is 2.51. The van der Waals surface area contributed by atoms with Crippen molar-refractivity contribution < 1.29 is 9.53 Å². The van der Waals surface area contributed by atoms with Crippen molar-refractivity contribution in [3.05, 3.63) is 63.1 Å². The maximum absolute atomic E-state index is 12.4. The van der Waals surface area contributed by atoms with Crippen LogP contribution in [0.3, 0.4) is 0 Å². The van der Waals surface area contributed by atoms with Gasteiger partial charge in [-0.05, 0) is 53.2 Å². The Bertz CT molecular complexity index is 611. The Morgan fingerprint density at radius 2 is 2.05 bits per heavy atom. The van der Waals surface area contributed by atoms with Crippen molar-refractivity contribution in [2.75, 3.05) is 6.61 Å². The van der Waals surface area contributed by atoms with Crippen LogP contribution in [0.25, 0.3) is 0 Å². The first-order valence-electron chi connectivity index (χ1n) is 5.84. The third-order valence-corrected chi connectivity index (χ3v) is 3.47. The van der Waals surface area contributed by atoms with Gasteiger partial charge in [0.2, 0.25) is 0 Å². The van der Waals surface area contributed by atoms with Crippen LogP contribution in [0.5, 0.6) is 5.75 Å². The van der Waals surface area contributed by atoms with Crippen LogP contribution in [0.1, 0.15) is 22.8 Å². The third-order valence-electron chi connectivity index (χ3n) is 2.58. The van der Waals surface area contributed by atoms with Gasteiger partial charge >= 0.3 is 0 Å². The Hall–Kier alpha value is -1.32. The summed E-state index contributed by atoms with van der Waals surface area (Å²) in [5, 5.41) is 0.549. The number of ketones is 1. The average Bonchev–Trinajstić information content (AvgIpc) is 2.38. The molecule has 2 rings (SSSR count). The lowest BCUT2D eigenvalue weighted by Gasteiger charge is -2.07. The van der Waals surface area contributed by atoms with Crippen LogP contribution in [0, 0.1) is 0 Å². The maximum Gasteiger partial charge on any atom is 0.194 e. The molecular weight excluding hydrogens is 328 g/mol. The number of benzene rings is 2. The summed E-state index contributed by atoms with van der Waals surface area (Å²) in [6, 6.07) is 12.2. The van der Waals surface area contributed by atoms with E-state index in [0.29, 0.717) is 27.2 Å². The topological polar surface area (TPSA) is 26.3 Å². The van der Waals surface area contributed by atoms with Gasteiger partial charge in [-0.1, -0.05) is 23.7 Å². The molecule has 2 nitrogen and oxygen atoms in total. The smallest absolute Gasteiger partial charge is 0.194 e. The van der Waals surface area contributed by atoms with Crippen molar-refractivity contribution in [1.29, 1.82) is 0 Å². The highest BCUT2D eigenvalue weighted by atomic mass is 79.9. The minimum atomic E-state index is -0.0718. The number of hydrogen-bond acceptors (Lipinski definition) is 2. The van der Waals surface area contributed by atoms with Crippen LogP contribution < -0.4 is 4.74 Å². The minimum absolute atomic E-state index is 0.0718. The van der Waals surface area contributed by atoms with Crippen LogP contribution in [0.2, 0.25) is 5.02 Å². The highest BCUT2D eigenvalue weighted by Gasteiger charge is 2.13. The predicted octanol–water partition coefficient (Wildman–Crippen LogP) is 4.73. The number of carbonyl (C=O) groups excluding carboxylic acids is 1. The summed E-state index contributed by atoms with van der Waals surface area (Å²) < 4.78 is 6.10. The monoisotopic (exact) mass is 338 g/mol. The molecule has 0 aliphatic carbocycles. The lowest BCUT2D eigenvalue weighted by molar-refractivity contribution is 0.103. The van der Waals surface area contributed by atoms with Gasteiger partial charge in [0.1, 0.15) is 5.75 Å². The molecule has 19 heavy (non-hydrogen) atoms. The van der Waals surface area contributed by atoms with Gasteiger partial charge in [-0.25, -0.2) is 0 Å². The molecular formula is C15H12BrClO2. The summed E-state index contributed by atoms with van der Waals surface area (Å²) in [5.41, 5.74) is 1.16. The molecule has 0 radical (unpaired) electrons. The van der Waals surface area contributed by atoms with Gasteiger partial charge in [0.25, 0.3) is 0 Å². The van der Waals surface area contributed by atoms with Gasteiger partial charge in [-0.2, -0.15) is 0 Å². The van der Waals surface area contributed by atoms with Gasteiger partial charge in [0.15, 0.2) is 5.78 Å². The molecule has 0 saturated carbocycles. The molecule has 0 aromatic heterocycles. The van der Waals surface area contributed by atoms with E-state index >= 15 is 0 Å². The Morgan fingerprint density at radius 3 is 2.68 bits per heavy atom. The molecule has 0 bridgehead atoms. The summed E-state index contributed by atoms with van der Waals surface area (Å²) in [6.07, 6.45) is 0. The Labute approximate surface area is 125 Å². The molecule has 2 aromatic carbocycles. The fraction of sp³-hybridized carbons (Fsp3) is 0.133. The van der Waals surface area contributed by atoms with E-state index in [1.54, 1.807) is 42.5 Å². The van der Waals surface area contributed by atoms with Crippen LogP contribution >= 0.6 is 27.5 Å². The van der Waals surface area contributed by atoms with Gasteiger partial charge < -0.3 is 4.74 Å². The Kier molecular flexibility index (Phi) is 4.61. The standard InChI is InChI=1S/C15H12BrClO2/c1-2-19-12-6-7-13(14(16)9-12)15(18)10-4-3-5-11(17)8-10/h3-9H,2H2,1H3. The van der Waals surface area contributed by atoms with Crippen molar-refractivity contribution in [1.82, 2.24) is 0 Å². The molecule has 0 heterocycles. The first-order chi connectivity index (χ1) is 9.11. The minimum Gasteiger partial charge on any atom is -0.494 e. The first-order valence-corrected chi connectivity index (χ1v) is 7.01. The van der Waals surface area contributed by atoms with E-state index in [9.17, 15) is 4.79 Å². The van der Waals surface area contributed by atoms with E-state index in [1.807, 2.05) is 6.92 Å². The number of halogens is 2. The molecule has 0 atom stereocenters. The largest absolute Gasteiger partial charge is 0.494 e. The summed E-state index contributed by atoms with van der Waals surface area (Å²) in [5.74, 6) is 0.662. The molecule has 0 aliphatic rings. The normalized spacial score (nSPS) is 10.3. The fourth-order valence-electron chi connectivity index (χ4n) is 1.72. The van der Waals surface area contributed by atoms with Gasteiger partial charge in [0, 0.05) is 20.6 Å². The Morgan fingerprint density at radius 1 is 1.26 bits per heavy atom. The van der Waals surface area contributed by atoms with Crippen LogP contribution in [-0.2, 0) is 0 Å². The van der Waals surface area contributed by atoms with Crippen molar-refractivity contribution >= 4 is 33.3 Å². The molecule has 0 fully saturated rings. The van der Waals surface area contributed by atoms with E-state index < -0.39 is 0 Å². The summed E-state index contributed by atoms with van der Waals surface area (Å²) in [7, 11) is 0. The van der Waals surface area contributed by atoms with E-state index in [1.165, 1.54) is 0 Å². The second-order valence-corrected chi connectivity index (χ2v) is 5.20. The third kappa shape index (κ3) is 3.37. The molecule has 2 aromatic rings. The quantitative estimate of drug-likeness (QED) is 0.753. The first kappa shape index (κ1) is 14.1. The molecule has 0 unspecified atom stereocenters. The van der Waals surface area contributed by atoms with Crippen molar-refractivity contribution in [3.63, 3.8) is 0 Å². The highest BCUT2D eigenvalue weighted by Crippen LogP contribution is 2.26. The number of hydrogen-bond donors (Lipinski definition) is 0. The molecule has 0 aliphatic heterocycles. The molecule has 0 N–H and O–H groups in total. The molecule has 0 saturated heterocycles. The van der Waals surface area contributed by atoms with Gasteiger partial charge in [0.05, 0.1) is 6.61 Å². The number of ether oxygens (including phenoxy) is 1. The zero-order valence-corrected chi connectivity index (χ0v) is 12.7. The molecule has 0 amide bonds. The van der Waals surface area contributed by atoms with Crippen LogP contribution in [-0.4, -0.2) is 12.4 Å². The van der Waals surface area contributed by atoms with E-state index in [2.05, 4.69) is 15.9 Å². The second kappa shape index (κ2) is 6.22. The maximum atomic E-state index is 12.4. The number of rotatable bonds is 4. The highest BCUT2D eigenvalue weighted by molar-refractivity contribution is 9.10. The fourth-order valence-corrected chi connectivity index (χ4v) is 2.45.